The Morgan fingerprint density at radius 3 is 2.48 bits per heavy atom. The predicted molar refractivity (Wildman–Crippen MR) is 73.9 cm³/mol. The van der Waals surface area contributed by atoms with Crippen LogP contribution < -0.4 is 9.47 Å². The van der Waals surface area contributed by atoms with Gasteiger partial charge in [0.1, 0.15) is 11.3 Å². The van der Waals surface area contributed by atoms with Crippen molar-refractivity contribution in [3.63, 3.8) is 0 Å². The quantitative estimate of drug-likeness (QED) is 0.731. The number of hydrogen-bond acceptors (Lipinski definition) is 5. The van der Waals surface area contributed by atoms with Gasteiger partial charge in [0.25, 0.3) is 0 Å². The van der Waals surface area contributed by atoms with Gasteiger partial charge in [-0.05, 0) is 36.4 Å². The Labute approximate surface area is 119 Å². The summed E-state index contributed by atoms with van der Waals surface area (Å²) >= 11 is 0. The first-order chi connectivity index (χ1) is 10.2. The fraction of sp³-hybridized carbons (Fsp3) is 0.0625. The SMILES string of the molecule is O=C(c1ccc(O)cc1)c1cc2cc3c(cc2o1)OCO3. The molecule has 0 spiro atoms. The number of furan rings is 1. The maximum Gasteiger partial charge on any atom is 0.231 e. The molecular weight excluding hydrogens is 272 g/mol. The molecule has 1 aromatic heterocycles. The van der Waals surface area contributed by atoms with Crippen molar-refractivity contribution in [2.45, 2.75) is 0 Å². The number of fused-ring (bicyclic) bond motifs is 2. The molecule has 5 nitrogen and oxygen atoms in total. The largest absolute Gasteiger partial charge is 0.508 e. The maximum absolute atomic E-state index is 12.3. The van der Waals surface area contributed by atoms with Gasteiger partial charge in [-0.25, -0.2) is 0 Å². The first kappa shape index (κ1) is 11.8. The van der Waals surface area contributed by atoms with Gasteiger partial charge in [0, 0.05) is 17.0 Å². The number of phenols is 1. The molecule has 0 bridgehead atoms. The molecule has 0 aliphatic carbocycles. The molecule has 0 saturated heterocycles. The van der Waals surface area contributed by atoms with Gasteiger partial charge in [-0.3, -0.25) is 4.79 Å². The Kier molecular flexibility index (Phi) is 2.41. The van der Waals surface area contributed by atoms with Crippen LogP contribution in [0.3, 0.4) is 0 Å². The average molecular weight is 282 g/mol. The minimum Gasteiger partial charge on any atom is -0.508 e. The van der Waals surface area contributed by atoms with Gasteiger partial charge < -0.3 is 19.0 Å². The summed E-state index contributed by atoms with van der Waals surface area (Å²) in [6, 6.07) is 11.2. The lowest BCUT2D eigenvalue weighted by molar-refractivity contribution is 0.101. The van der Waals surface area contributed by atoms with Gasteiger partial charge in [-0.2, -0.15) is 0 Å². The van der Waals surface area contributed by atoms with Crippen molar-refractivity contribution in [3.05, 3.63) is 53.8 Å². The van der Waals surface area contributed by atoms with E-state index >= 15 is 0 Å². The molecule has 5 heteroatoms. The zero-order valence-corrected chi connectivity index (χ0v) is 10.8. The molecule has 1 N–H and O–H groups in total. The van der Waals surface area contributed by atoms with Gasteiger partial charge in [0.05, 0.1) is 0 Å². The summed E-state index contributed by atoms with van der Waals surface area (Å²) in [5, 5.41) is 10.0. The fourth-order valence-electron chi connectivity index (χ4n) is 2.30. The van der Waals surface area contributed by atoms with Crippen molar-refractivity contribution in [1.82, 2.24) is 0 Å². The number of phenolic OH excluding ortho intramolecular Hbond substituents is 1. The predicted octanol–water partition coefficient (Wildman–Crippen LogP) is 3.10. The van der Waals surface area contributed by atoms with Crippen LogP contribution in [0, 0.1) is 0 Å². The summed E-state index contributed by atoms with van der Waals surface area (Å²) in [6.07, 6.45) is 0. The van der Waals surface area contributed by atoms with E-state index in [4.69, 9.17) is 13.9 Å². The highest BCUT2D eigenvalue weighted by atomic mass is 16.7. The highest BCUT2D eigenvalue weighted by Gasteiger charge is 2.19. The molecule has 0 saturated carbocycles. The van der Waals surface area contributed by atoms with E-state index in [1.165, 1.54) is 12.1 Å². The van der Waals surface area contributed by atoms with Crippen LogP contribution in [0.1, 0.15) is 16.1 Å². The van der Waals surface area contributed by atoms with Crippen LogP contribution in [-0.4, -0.2) is 17.7 Å². The lowest BCUT2D eigenvalue weighted by Gasteiger charge is -1.97. The second kappa shape index (κ2) is 4.28. The number of carbonyl (C=O) groups is 1. The van der Waals surface area contributed by atoms with Gasteiger partial charge in [-0.1, -0.05) is 0 Å². The van der Waals surface area contributed by atoms with Crippen molar-refractivity contribution in [3.8, 4) is 17.2 Å². The lowest BCUT2D eigenvalue weighted by atomic mass is 10.1. The van der Waals surface area contributed by atoms with Crippen molar-refractivity contribution >= 4 is 16.8 Å². The molecule has 21 heavy (non-hydrogen) atoms. The van der Waals surface area contributed by atoms with Crippen molar-refractivity contribution in [1.29, 1.82) is 0 Å². The molecule has 104 valence electrons. The molecule has 0 atom stereocenters. The van der Waals surface area contributed by atoms with Crippen LogP contribution in [0.25, 0.3) is 11.0 Å². The minimum absolute atomic E-state index is 0.113. The molecule has 2 aromatic carbocycles. The second-order valence-electron chi connectivity index (χ2n) is 4.73. The topological polar surface area (TPSA) is 68.9 Å². The monoisotopic (exact) mass is 282 g/mol. The number of aromatic hydroxyl groups is 1. The maximum atomic E-state index is 12.3. The third-order valence-corrected chi connectivity index (χ3v) is 3.36. The van der Waals surface area contributed by atoms with Crippen LogP contribution in [-0.2, 0) is 0 Å². The van der Waals surface area contributed by atoms with Crippen LogP contribution in [0.2, 0.25) is 0 Å². The number of ether oxygens (including phenoxy) is 2. The highest BCUT2D eigenvalue weighted by Crippen LogP contribution is 2.37. The second-order valence-corrected chi connectivity index (χ2v) is 4.73. The van der Waals surface area contributed by atoms with Gasteiger partial charge in [-0.15, -0.1) is 0 Å². The van der Waals surface area contributed by atoms with Crippen LogP contribution in [0.4, 0.5) is 0 Å². The molecule has 1 aliphatic rings. The van der Waals surface area contributed by atoms with Gasteiger partial charge in [0.2, 0.25) is 12.6 Å². The summed E-state index contributed by atoms with van der Waals surface area (Å²) in [7, 11) is 0. The standard InChI is InChI=1S/C16H10O5/c17-11-3-1-9(2-4-11)16(18)15-6-10-5-13-14(20-8-19-13)7-12(10)21-15/h1-7,17H,8H2. The number of benzene rings is 2. The number of hydrogen-bond donors (Lipinski definition) is 1. The van der Waals surface area contributed by atoms with E-state index in [1.54, 1.807) is 30.3 Å². The Morgan fingerprint density at radius 1 is 1.00 bits per heavy atom. The summed E-state index contributed by atoms with van der Waals surface area (Å²) in [5.74, 6) is 1.36. The zero-order chi connectivity index (χ0) is 14.4. The molecule has 2 heterocycles. The molecule has 4 rings (SSSR count). The third-order valence-electron chi connectivity index (χ3n) is 3.36. The molecule has 0 fully saturated rings. The van der Waals surface area contributed by atoms with E-state index in [9.17, 15) is 9.90 Å². The van der Waals surface area contributed by atoms with Crippen molar-refractivity contribution in [2.24, 2.45) is 0 Å². The van der Waals surface area contributed by atoms with E-state index in [1.807, 2.05) is 0 Å². The Bertz CT molecular complexity index is 804. The van der Waals surface area contributed by atoms with E-state index in [-0.39, 0.29) is 24.1 Å². The summed E-state index contributed by atoms with van der Waals surface area (Å²) in [4.78, 5) is 12.3. The van der Waals surface area contributed by atoms with Crippen LogP contribution in [0.5, 0.6) is 17.2 Å². The van der Waals surface area contributed by atoms with E-state index in [2.05, 4.69) is 0 Å². The minimum atomic E-state index is -0.242. The zero-order valence-electron chi connectivity index (χ0n) is 10.8. The number of ketones is 1. The smallest absolute Gasteiger partial charge is 0.231 e. The fourth-order valence-corrected chi connectivity index (χ4v) is 2.30. The molecule has 1 aliphatic heterocycles. The molecule has 0 amide bonds. The van der Waals surface area contributed by atoms with Crippen LogP contribution >= 0.6 is 0 Å². The molecule has 3 aromatic rings. The third kappa shape index (κ3) is 1.90. The Hall–Kier alpha value is -2.95. The number of carbonyl (C=O) groups excluding carboxylic acids is 1. The Balaban J connectivity index is 1.76. The van der Waals surface area contributed by atoms with E-state index in [0.717, 1.165) is 5.39 Å². The molecule has 0 unspecified atom stereocenters. The first-order valence-electron chi connectivity index (χ1n) is 6.37. The highest BCUT2D eigenvalue weighted by molar-refractivity contribution is 6.09. The summed E-state index contributed by atoms with van der Waals surface area (Å²) in [6.45, 7) is 0.196. The van der Waals surface area contributed by atoms with Gasteiger partial charge >= 0.3 is 0 Å². The van der Waals surface area contributed by atoms with Crippen molar-refractivity contribution < 1.29 is 23.8 Å². The normalized spacial score (nSPS) is 12.8. The van der Waals surface area contributed by atoms with E-state index in [0.29, 0.717) is 22.6 Å². The molecular formula is C16H10O5. The Morgan fingerprint density at radius 2 is 1.71 bits per heavy atom. The summed E-state index contributed by atoms with van der Waals surface area (Å²) < 4.78 is 16.2. The summed E-state index contributed by atoms with van der Waals surface area (Å²) in [5.41, 5.74) is 1.02. The molecule has 0 radical (unpaired) electrons. The lowest BCUT2D eigenvalue weighted by Crippen LogP contribution is -1.98. The average Bonchev–Trinajstić information content (AvgIpc) is 3.10. The van der Waals surface area contributed by atoms with Crippen LogP contribution in [0.15, 0.2) is 46.9 Å². The first-order valence-corrected chi connectivity index (χ1v) is 6.37. The van der Waals surface area contributed by atoms with E-state index < -0.39 is 0 Å². The van der Waals surface area contributed by atoms with Gasteiger partial charge in [0.15, 0.2) is 17.3 Å². The number of rotatable bonds is 2. The van der Waals surface area contributed by atoms with Crippen molar-refractivity contribution in [2.75, 3.05) is 6.79 Å².